The predicted molar refractivity (Wildman–Crippen MR) is 159 cm³/mol. The van der Waals surface area contributed by atoms with Crippen molar-refractivity contribution in [3.8, 4) is 11.3 Å². The summed E-state index contributed by atoms with van der Waals surface area (Å²) < 4.78 is 50.0. The number of aromatic amines is 1. The molecule has 41 heavy (non-hydrogen) atoms. The monoisotopic (exact) mass is 579 g/mol. The van der Waals surface area contributed by atoms with Gasteiger partial charge in [-0.3, -0.25) is 4.72 Å². The molecule has 2 aliphatic heterocycles. The van der Waals surface area contributed by atoms with Crippen molar-refractivity contribution in [1.29, 1.82) is 0 Å². The molecule has 4 N–H and O–H groups in total. The van der Waals surface area contributed by atoms with Gasteiger partial charge < -0.3 is 25.3 Å². The van der Waals surface area contributed by atoms with Crippen LogP contribution in [0.5, 0.6) is 0 Å². The van der Waals surface area contributed by atoms with Crippen molar-refractivity contribution in [2.24, 2.45) is 5.73 Å². The molecule has 4 aromatic rings. The summed E-state index contributed by atoms with van der Waals surface area (Å²) in [6, 6.07) is 13.8. The van der Waals surface area contributed by atoms with Gasteiger partial charge in [-0.05, 0) is 61.7 Å². The third-order valence-electron chi connectivity index (χ3n) is 7.86. The summed E-state index contributed by atoms with van der Waals surface area (Å²) in [4.78, 5) is 16.3. The number of nitrogens with two attached hydrogens (primary N) is 1. The van der Waals surface area contributed by atoms with E-state index in [0.29, 0.717) is 48.8 Å². The second-order valence-electron chi connectivity index (χ2n) is 10.7. The van der Waals surface area contributed by atoms with Crippen LogP contribution in [0.2, 0.25) is 0 Å². The molecular weight excluding hydrogens is 545 g/mol. The molecule has 0 radical (unpaired) electrons. The van der Waals surface area contributed by atoms with Gasteiger partial charge in [0.2, 0.25) is 10.0 Å². The number of piperidine rings is 1. The van der Waals surface area contributed by atoms with E-state index in [1.54, 1.807) is 25.1 Å². The number of hydrogen-bond donors (Lipinski definition) is 3. The lowest BCUT2D eigenvalue weighted by atomic mass is 10.0. The fraction of sp³-hybridized carbons (Fsp3) is 0.379. The number of anilines is 3. The van der Waals surface area contributed by atoms with E-state index in [-0.39, 0.29) is 11.7 Å². The van der Waals surface area contributed by atoms with Crippen molar-refractivity contribution in [3.63, 3.8) is 0 Å². The molecule has 12 heteroatoms. The van der Waals surface area contributed by atoms with Crippen LogP contribution >= 0.6 is 0 Å². The number of nitrogens with zero attached hydrogens (tertiary/aromatic N) is 4. The number of benzene rings is 2. The van der Waals surface area contributed by atoms with Crippen LogP contribution in [-0.2, 0) is 14.8 Å². The highest BCUT2D eigenvalue weighted by Gasteiger charge is 2.25. The molecule has 0 amide bonds. The molecule has 2 aromatic carbocycles. The van der Waals surface area contributed by atoms with E-state index in [4.69, 9.17) is 10.5 Å². The lowest BCUT2D eigenvalue weighted by Gasteiger charge is -2.33. The van der Waals surface area contributed by atoms with Crippen molar-refractivity contribution in [1.82, 2.24) is 15.0 Å². The number of morpholine rings is 1. The van der Waals surface area contributed by atoms with Crippen LogP contribution in [0.3, 0.4) is 0 Å². The molecule has 2 fully saturated rings. The van der Waals surface area contributed by atoms with E-state index in [0.717, 1.165) is 42.8 Å². The number of ether oxygens (including phenoxy) is 1. The van der Waals surface area contributed by atoms with Crippen LogP contribution in [0.4, 0.5) is 21.6 Å². The second kappa shape index (κ2) is 11.3. The lowest BCUT2D eigenvalue weighted by molar-refractivity contribution is 0.122. The molecule has 10 nitrogen and oxygen atoms in total. The van der Waals surface area contributed by atoms with Gasteiger partial charge in [-0.15, -0.1) is 0 Å². The average Bonchev–Trinajstić information content (AvgIpc) is 3.41. The Hall–Kier alpha value is -3.74. The van der Waals surface area contributed by atoms with Crippen molar-refractivity contribution in [2.45, 2.75) is 31.1 Å². The summed E-state index contributed by atoms with van der Waals surface area (Å²) in [6.45, 7) is 5.92. The van der Waals surface area contributed by atoms with Gasteiger partial charge in [-0.2, -0.15) is 0 Å². The molecular formula is C29H34FN7O3S. The Morgan fingerprint density at radius 1 is 1.10 bits per heavy atom. The number of fused-ring (bicyclic) bond motifs is 1. The van der Waals surface area contributed by atoms with Gasteiger partial charge >= 0.3 is 0 Å². The zero-order valence-corrected chi connectivity index (χ0v) is 23.7. The summed E-state index contributed by atoms with van der Waals surface area (Å²) in [5.74, 6) is 0.209. The maximum Gasteiger partial charge on any atom is 0.239 e. The molecule has 1 unspecified atom stereocenters. The second-order valence-corrected chi connectivity index (χ2v) is 12.7. The largest absolute Gasteiger partial charge is 0.378 e. The van der Waals surface area contributed by atoms with Gasteiger partial charge in [0.05, 0.1) is 30.0 Å². The first-order valence-corrected chi connectivity index (χ1v) is 15.4. The summed E-state index contributed by atoms with van der Waals surface area (Å²) in [5.41, 5.74) is 9.34. The van der Waals surface area contributed by atoms with E-state index in [2.05, 4.69) is 29.5 Å². The van der Waals surface area contributed by atoms with Crippen LogP contribution in [-0.4, -0.2) is 68.8 Å². The standard InChI is InChI=1S/C29H34FN7O3S/c1-19(20-4-2-6-23(14-20)37-9-3-5-21(31)17-37)41(38,39)35-22-7-8-24(26(30)15-22)27-16-25-28(34-27)32-18-33-29(25)36-10-12-40-13-11-36/h2,4,6-8,14-16,18-19,21,35H,3,5,9-13,17,31H2,1H3,(H,32,33,34)/t19?,21-/m1/s1. The molecule has 2 atom stereocenters. The van der Waals surface area contributed by atoms with Gasteiger partial charge in [0.1, 0.15) is 28.9 Å². The SMILES string of the molecule is CC(c1cccc(N2CCC[C@@H](N)C2)c1)S(=O)(=O)Nc1ccc(-c2cc3c(N4CCOCC4)ncnc3[nH]2)c(F)c1. The summed E-state index contributed by atoms with van der Waals surface area (Å²) in [6.07, 6.45) is 3.48. The quantitative estimate of drug-likeness (QED) is 0.299. The van der Waals surface area contributed by atoms with Crippen molar-refractivity contribution >= 4 is 38.2 Å². The Labute approximate surface area is 238 Å². The smallest absolute Gasteiger partial charge is 0.239 e. The van der Waals surface area contributed by atoms with Gasteiger partial charge in [-0.1, -0.05) is 12.1 Å². The van der Waals surface area contributed by atoms with Crippen molar-refractivity contribution in [3.05, 3.63) is 66.2 Å². The molecule has 0 aliphatic carbocycles. The van der Waals surface area contributed by atoms with E-state index in [1.807, 2.05) is 24.3 Å². The fourth-order valence-electron chi connectivity index (χ4n) is 5.55. The maximum absolute atomic E-state index is 15.4. The van der Waals surface area contributed by atoms with E-state index >= 15 is 4.39 Å². The van der Waals surface area contributed by atoms with Gasteiger partial charge in [0.25, 0.3) is 0 Å². The number of hydrogen-bond acceptors (Lipinski definition) is 8. The topological polar surface area (TPSA) is 129 Å². The average molecular weight is 580 g/mol. The Morgan fingerprint density at radius 3 is 2.71 bits per heavy atom. The number of rotatable bonds is 7. The summed E-state index contributed by atoms with van der Waals surface area (Å²) in [7, 11) is -3.86. The molecule has 216 valence electrons. The molecule has 2 saturated heterocycles. The summed E-state index contributed by atoms with van der Waals surface area (Å²) >= 11 is 0. The Kier molecular flexibility index (Phi) is 7.54. The Balaban J connectivity index is 1.21. The maximum atomic E-state index is 15.4. The summed E-state index contributed by atoms with van der Waals surface area (Å²) in [5, 5.41) is -0.0642. The van der Waals surface area contributed by atoms with Crippen LogP contribution in [0, 0.1) is 5.82 Å². The zero-order valence-electron chi connectivity index (χ0n) is 22.9. The molecule has 2 aromatic heterocycles. The normalized spacial score (nSPS) is 19.0. The molecule has 0 spiro atoms. The minimum Gasteiger partial charge on any atom is -0.378 e. The number of nitrogens with one attached hydrogen (secondary N) is 2. The number of aromatic nitrogens is 3. The highest BCUT2D eigenvalue weighted by atomic mass is 32.2. The first-order valence-electron chi connectivity index (χ1n) is 13.9. The number of halogens is 1. The predicted octanol–water partition coefficient (Wildman–Crippen LogP) is 4.03. The lowest BCUT2D eigenvalue weighted by Crippen LogP contribution is -2.42. The van der Waals surface area contributed by atoms with Crippen LogP contribution in [0.1, 0.15) is 30.6 Å². The number of sulfonamides is 1. The number of H-pyrrole nitrogens is 1. The third-order valence-corrected chi connectivity index (χ3v) is 9.59. The Morgan fingerprint density at radius 2 is 1.93 bits per heavy atom. The molecule has 2 aliphatic rings. The fourth-order valence-corrected chi connectivity index (χ4v) is 6.68. The molecule has 0 saturated carbocycles. The first-order chi connectivity index (χ1) is 19.8. The third kappa shape index (κ3) is 5.72. The van der Waals surface area contributed by atoms with Crippen LogP contribution in [0.25, 0.3) is 22.3 Å². The Bertz CT molecular complexity index is 1660. The zero-order chi connectivity index (χ0) is 28.6. The van der Waals surface area contributed by atoms with Gasteiger partial charge in [-0.25, -0.2) is 22.8 Å². The molecule has 6 rings (SSSR count). The first kappa shape index (κ1) is 27.4. The van der Waals surface area contributed by atoms with Crippen molar-refractivity contribution < 1.29 is 17.5 Å². The van der Waals surface area contributed by atoms with Crippen molar-refractivity contribution in [2.75, 3.05) is 53.9 Å². The highest BCUT2D eigenvalue weighted by molar-refractivity contribution is 7.92. The minimum atomic E-state index is -3.86. The van der Waals surface area contributed by atoms with Gasteiger partial charge in [0, 0.05) is 43.5 Å². The van der Waals surface area contributed by atoms with E-state index in [9.17, 15) is 8.42 Å². The molecule has 0 bridgehead atoms. The van der Waals surface area contributed by atoms with Gasteiger partial charge in [0.15, 0.2) is 0 Å². The molecule has 4 heterocycles. The van der Waals surface area contributed by atoms with E-state index < -0.39 is 21.1 Å². The minimum absolute atomic E-state index is 0.109. The highest BCUT2D eigenvalue weighted by Crippen LogP contribution is 2.33. The van der Waals surface area contributed by atoms with E-state index in [1.165, 1.54) is 12.4 Å². The van der Waals surface area contributed by atoms with Crippen LogP contribution < -0.4 is 20.3 Å². The van der Waals surface area contributed by atoms with Crippen LogP contribution in [0.15, 0.2) is 54.9 Å².